The minimum absolute atomic E-state index is 0.00484. The number of carbonyl (C=O) groups excluding carboxylic acids is 1. The second kappa shape index (κ2) is 5.00. The number of hydrogen-bond donors (Lipinski definition) is 2. The molecule has 0 radical (unpaired) electrons. The maximum atomic E-state index is 12.7. The molecule has 120 valence electrons. The minimum atomic E-state index is -0.0380. The number of carbonyl (C=O) groups is 1. The number of aromatic hydroxyl groups is 2. The van der Waals surface area contributed by atoms with Crippen molar-refractivity contribution in [1.82, 2.24) is 0 Å². The lowest BCUT2D eigenvalue weighted by atomic mass is 9.57. The molecule has 2 aliphatic rings. The van der Waals surface area contributed by atoms with Crippen LogP contribution in [0.25, 0.3) is 0 Å². The highest BCUT2D eigenvalue weighted by atomic mass is 16.3. The summed E-state index contributed by atoms with van der Waals surface area (Å²) in [5.41, 5.74) is 2.45. The molecule has 2 aliphatic carbocycles. The van der Waals surface area contributed by atoms with E-state index >= 15 is 0 Å². The quantitative estimate of drug-likeness (QED) is 0.762. The Morgan fingerprint density at radius 1 is 1.23 bits per heavy atom. The van der Waals surface area contributed by atoms with E-state index in [4.69, 9.17) is 0 Å². The predicted octanol–water partition coefficient (Wildman–Crippen LogP) is 4.26. The summed E-state index contributed by atoms with van der Waals surface area (Å²) in [6.45, 7) is 8.29. The molecule has 1 aromatic carbocycles. The Hall–Kier alpha value is -1.51. The number of rotatable bonds is 1. The Bertz CT molecular complexity index is 628. The van der Waals surface area contributed by atoms with Crippen LogP contribution < -0.4 is 0 Å². The summed E-state index contributed by atoms with van der Waals surface area (Å²) in [6.07, 6.45) is 3.41. The lowest BCUT2D eigenvalue weighted by Gasteiger charge is -2.46. The maximum Gasteiger partial charge on any atom is 0.161 e. The van der Waals surface area contributed by atoms with Gasteiger partial charge in [0.15, 0.2) is 11.5 Å². The van der Waals surface area contributed by atoms with E-state index in [1.807, 2.05) is 19.9 Å². The van der Waals surface area contributed by atoms with E-state index in [0.717, 1.165) is 36.0 Å². The summed E-state index contributed by atoms with van der Waals surface area (Å²) in [5, 5.41) is 21.0. The normalized spacial score (nSPS) is 26.7. The molecule has 1 saturated carbocycles. The van der Waals surface area contributed by atoms with Crippen molar-refractivity contribution in [3.05, 3.63) is 22.8 Å². The Morgan fingerprint density at radius 3 is 2.55 bits per heavy atom. The Labute approximate surface area is 132 Å². The van der Waals surface area contributed by atoms with Crippen molar-refractivity contribution in [2.75, 3.05) is 0 Å². The highest BCUT2D eigenvalue weighted by Crippen LogP contribution is 2.56. The topological polar surface area (TPSA) is 57.5 Å². The van der Waals surface area contributed by atoms with Crippen LogP contribution in [0.1, 0.15) is 75.5 Å². The van der Waals surface area contributed by atoms with Crippen LogP contribution in [0.5, 0.6) is 11.5 Å². The van der Waals surface area contributed by atoms with Crippen LogP contribution in [0, 0.1) is 11.3 Å². The highest BCUT2D eigenvalue weighted by Gasteiger charge is 2.48. The fourth-order valence-corrected chi connectivity index (χ4v) is 4.66. The monoisotopic (exact) mass is 302 g/mol. The van der Waals surface area contributed by atoms with Gasteiger partial charge in [0.25, 0.3) is 0 Å². The fraction of sp³-hybridized carbons (Fsp3) is 0.632. The molecule has 22 heavy (non-hydrogen) atoms. The summed E-state index contributed by atoms with van der Waals surface area (Å²) in [4.78, 5) is 12.7. The van der Waals surface area contributed by atoms with Crippen LogP contribution in [-0.4, -0.2) is 16.0 Å². The first kappa shape index (κ1) is 15.4. The van der Waals surface area contributed by atoms with Crippen molar-refractivity contribution >= 4 is 5.78 Å². The van der Waals surface area contributed by atoms with Gasteiger partial charge in [-0.15, -0.1) is 0 Å². The first-order valence-electron chi connectivity index (χ1n) is 8.34. The molecule has 2 N–H and O–H groups in total. The van der Waals surface area contributed by atoms with Crippen LogP contribution in [-0.2, 0) is 11.2 Å². The summed E-state index contributed by atoms with van der Waals surface area (Å²) in [7, 11) is 0. The molecule has 2 atom stereocenters. The van der Waals surface area contributed by atoms with Gasteiger partial charge in [0.05, 0.1) is 0 Å². The van der Waals surface area contributed by atoms with Crippen LogP contribution in [0.4, 0.5) is 0 Å². The summed E-state index contributed by atoms with van der Waals surface area (Å²) in [6, 6.07) is 1.94. The third kappa shape index (κ3) is 2.13. The Kier molecular flexibility index (Phi) is 3.50. The zero-order chi connectivity index (χ0) is 16.2. The van der Waals surface area contributed by atoms with Crippen molar-refractivity contribution in [3.63, 3.8) is 0 Å². The van der Waals surface area contributed by atoms with Crippen molar-refractivity contribution in [2.45, 2.75) is 65.2 Å². The van der Waals surface area contributed by atoms with Gasteiger partial charge in [-0.3, -0.25) is 4.79 Å². The van der Waals surface area contributed by atoms with Crippen LogP contribution >= 0.6 is 0 Å². The molecule has 3 heteroatoms. The molecular formula is C19H26O3. The summed E-state index contributed by atoms with van der Waals surface area (Å²) in [5.74, 6) is 0.441. The number of hydrogen-bond acceptors (Lipinski definition) is 3. The van der Waals surface area contributed by atoms with E-state index in [1.54, 1.807) is 0 Å². The van der Waals surface area contributed by atoms with Gasteiger partial charge in [0.2, 0.25) is 0 Å². The standard InChI is InChI=1S/C19H26O3/c1-10(2)13-8-11-9-14(20)16-12(6-5-7-19(16,3)4)15(11)18(22)17(13)21/h8,10,12,16,21-22H,5-7,9H2,1-4H3/t12-,16-/m0/s1. The number of ketones is 1. The van der Waals surface area contributed by atoms with E-state index in [2.05, 4.69) is 13.8 Å². The average molecular weight is 302 g/mol. The third-order valence-corrected chi connectivity index (χ3v) is 5.71. The first-order chi connectivity index (χ1) is 10.2. The molecule has 1 aromatic rings. The average Bonchev–Trinajstić information content (AvgIpc) is 2.41. The Balaban J connectivity index is 2.18. The molecule has 1 fully saturated rings. The van der Waals surface area contributed by atoms with Crippen LogP contribution in [0.3, 0.4) is 0 Å². The van der Waals surface area contributed by atoms with E-state index in [-0.39, 0.29) is 34.7 Å². The number of phenolic OH excluding ortho intramolecular Hbond substituents is 2. The molecular weight excluding hydrogens is 276 g/mol. The number of fused-ring (bicyclic) bond motifs is 3. The molecule has 3 rings (SSSR count). The van der Waals surface area contributed by atoms with Crippen molar-refractivity contribution in [1.29, 1.82) is 0 Å². The Morgan fingerprint density at radius 2 is 1.91 bits per heavy atom. The maximum absolute atomic E-state index is 12.7. The second-order valence-corrected chi connectivity index (χ2v) is 8.00. The summed E-state index contributed by atoms with van der Waals surface area (Å²) >= 11 is 0. The highest BCUT2D eigenvalue weighted by molar-refractivity contribution is 5.88. The molecule has 0 aliphatic heterocycles. The van der Waals surface area contributed by atoms with Crippen LogP contribution in [0.2, 0.25) is 0 Å². The van der Waals surface area contributed by atoms with Gasteiger partial charge in [-0.2, -0.15) is 0 Å². The molecule has 0 bridgehead atoms. The van der Waals surface area contributed by atoms with Crippen LogP contribution in [0.15, 0.2) is 6.07 Å². The van der Waals surface area contributed by atoms with Gasteiger partial charge >= 0.3 is 0 Å². The van der Waals surface area contributed by atoms with Crippen molar-refractivity contribution < 1.29 is 15.0 Å². The lowest BCUT2D eigenvalue weighted by Crippen LogP contribution is -2.43. The summed E-state index contributed by atoms with van der Waals surface area (Å²) < 4.78 is 0. The predicted molar refractivity (Wildman–Crippen MR) is 86.4 cm³/mol. The molecule has 0 spiro atoms. The number of benzene rings is 1. The number of Topliss-reactive ketones (excluding diaryl/α,β-unsaturated/α-hetero) is 1. The van der Waals surface area contributed by atoms with Gasteiger partial charge in [-0.05, 0) is 35.7 Å². The van der Waals surface area contributed by atoms with Gasteiger partial charge in [0, 0.05) is 23.5 Å². The van der Waals surface area contributed by atoms with E-state index in [0.29, 0.717) is 12.2 Å². The number of phenols is 2. The van der Waals surface area contributed by atoms with E-state index in [9.17, 15) is 15.0 Å². The zero-order valence-electron chi connectivity index (χ0n) is 13.9. The molecule has 0 saturated heterocycles. The van der Waals surface area contributed by atoms with E-state index < -0.39 is 0 Å². The molecule has 0 amide bonds. The van der Waals surface area contributed by atoms with E-state index in [1.165, 1.54) is 0 Å². The largest absolute Gasteiger partial charge is 0.504 e. The lowest BCUT2D eigenvalue weighted by molar-refractivity contribution is -0.129. The van der Waals surface area contributed by atoms with Gasteiger partial charge < -0.3 is 10.2 Å². The van der Waals surface area contributed by atoms with Gasteiger partial charge in [-0.25, -0.2) is 0 Å². The molecule has 0 heterocycles. The van der Waals surface area contributed by atoms with Crippen molar-refractivity contribution in [3.8, 4) is 11.5 Å². The fourth-order valence-electron chi connectivity index (χ4n) is 4.66. The van der Waals surface area contributed by atoms with Crippen molar-refractivity contribution in [2.24, 2.45) is 11.3 Å². The minimum Gasteiger partial charge on any atom is -0.504 e. The zero-order valence-corrected chi connectivity index (χ0v) is 13.9. The van der Waals surface area contributed by atoms with Gasteiger partial charge in [0.1, 0.15) is 5.78 Å². The second-order valence-electron chi connectivity index (χ2n) is 8.00. The molecule has 0 aromatic heterocycles. The molecule has 0 unspecified atom stereocenters. The third-order valence-electron chi connectivity index (χ3n) is 5.71. The first-order valence-corrected chi connectivity index (χ1v) is 8.34. The molecule has 3 nitrogen and oxygen atoms in total. The SMILES string of the molecule is CC(C)c1cc2c(c(O)c1O)[C@@H]1CCCC(C)(C)[C@@H]1C(=O)C2. The smallest absolute Gasteiger partial charge is 0.161 e. The van der Waals surface area contributed by atoms with Gasteiger partial charge in [-0.1, -0.05) is 40.2 Å².